The standard InChI is InChI=1S/C15H19N7O/c1-20-9-17-19-15(20)13-6-10(23-3)8-22(13)12-4-5-16-14-11(12)7-18-21(14)2/h4-5,7,9-10,13H,6,8H2,1-3H3/t10-,13+/m1/s1. The summed E-state index contributed by atoms with van der Waals surface area (Å²) in [6.45, 7) is 0.808. The van der Waals surface area contributed by atoms with Gasteiger partial charge in [0.2, 0.25) is 0 Å². The minimum absolute atomic E-state index is 0.123. The summed E-state index contributed by atoms with van der Waals surface area (Å²) in [6, 6.07) is 2.16. The highest BCUT2D eigenvalue weighted by Crippen LogP contribution is 2.38. The molecule has 0 saturated carbocycles. The van der Waals surface area contributed by atoms with Crippen molar-refractivity contribution in [2.45, 2.75) is 18.6 Å². The molecule has 0 radical (unpaired) electrons. The second-order valence-electron chi connectivity index (χ2n) is 5.90. The van der Waals surface area contributed by atoms with E-state index in [-0.39, 0.29) is 12.1 Å². The average molecular weight is 313 g/mol. The van der Waals surface area contributed by atoms with Crippen LogP contribution in [0.5, 0.6) is 0 Å². The normalized spacial score (nSPS) is 21.4. The van der Waals surface area contributed by atoms with Crippen LogP contribution in [0, 0.1) is 0 Å². The lowest BCUT2D eigenvalue weighted by atomic mass is 10.1. The molecule has 8 nitrogen and oxygen atoms in total. The molecule has 1 fully saturated rings. The third-order valence-corrected chi connectivity index (χ3v) is 4.56. The lowest BCUT2D eigenvalue weighted by Gasteiger charge is -2.26. The van der Waals surface area contributed by atoms with Crippen LogP contribution in [0.2, 0.25) is 0 Å². The van der Waals surface area contributed by atoms with E-state index in [1.54, 1.807) is 18.1 Å². The lowest BCUT2D eigenvalue weighted by molar-refractivity contribution is 0.118. The van der Waals surface area contributed by atoms with Crippen LogP contribution in [-0.2, 0) is 18.8 Å². The summed E-state index contributed by atoms with van der Waals surface area (Å²) in [5, 5.41) is 13.7. The summed E-state index contributed by atoms with van der Waals surface area (Å²) in [5.41, 5.74) is 1.98. The number of anilines is 1. The van der Waals surface area contributed by atoms with E-state index < -0.39 is 0 Å². The summed E-state index contributed by atoms with van der Waals surface area (Å²) in [6.07, 6.45) is 6.47. The highest BCUT2D eigenvalue weighted by Gasteiger charge is 2.37. The van der Waals surface area contributed by atoms with Gasteiger partial charge in [0.1, 0.15) is 6.33 Å². The van der Waals surface area contributed by atoms with Crippen molar-refractivity contribution in [3.63, 3.8) is 0 Å². The summed E-state index contributed by atoms with van der Waals surface area (Å²) in [4.78, 5) is 6.75. The van der Waals surface area contributed by atoms with E-state index in [0.717, 1.165) is 35.5 Å². The van der Waals surface area contributed by atoms with Crippen LogP contribution in [0.4, 0.5) is 5.69 Å². The Morgan fingerprint density at radius 3 is 2.91 bits per heavy atom. The molecule has 0 unspecified atom stereocenters. The average Bonchev–Trinajstić information content (AvgIpc) is 3.26. The summed E-state index contributed by atoms with van der Waals surface area (Å²) < 4.78 is 9.37. The molecule has 1 saturated heterocycles. The number of nitrogens with zero attached hydrogens (tertiary/aromatic N) is 7. The van der Waals surface area contributed by atoms with Crippen LogP contribution in [0.15, 0.2) is 24.8 Å². The Balaban J connectivity index is 1.82. The predicted octanol–water partition coefficient (Wildman–Crippen LogP) is 1.06. The molecule has 4 rings (SSSR count). The number of hydrogen-bond acceptors (Lipinski definition) is 6. The molecule has 0 amide bonds. The molecule has 0 aromatic carbocycles. The van der Waals surface area contributed by atoms with Crippen molar-refractivity contribution in [3.05, 3.63) is 30.6 Å². The fourth-order valence-corrected chi connectivity index (χ4v) is 3.36. The quantitative estimate of drug-likeness (QED) is 0.720. The van der Waals surface area contributed by atoms with Crippen molar-refractivity contribution in [3.8, 4) is 0 Å². The molecule has 0 aliphatic carbocycles. The number of aromatic nitrogens is 6. The van der Waals surface area contributed by atoms with Crippen LogP contribution >= 0.6 is 0 Å². The van der Waals surface area contributed by atoms with Gasteiger partial charge in [0.25, 0.3) is 0 Å². The third kappa shape index (κ3) is 2.17. The maximum atomic E-state index is 5.61. The molecule has 3 aromatic rings. The SMILES string of the molecule is CO[C@@H]1C[C@@H](c2nncn2C)N(c2ccnc3c2cnn3C)C1. The van der Waals surface area contributed by atoms with Crippen molar-refractivity contribution in [2.75, 3.05) is 18.6 Å². The Morgan fingerprint density at radius 2 is 2.17 bits per heavy atom. The molecule has 0 spiro atoms. The zero-order valence-corrected chi connectivity index (χ0v) is 13.4. The molecule has 2 atom stereocenters. The van der Waals surface area contributed by atoms with E-state index in [9.17, 15) is 0 Å². The number of fused-ring (bicyclic) bond motifs is 1. The highest BCUT2D eigenvalue weighted by molar-refractivity contribution is 5.89. The van der Waals surface area contributed by atoms with Crippen LogP contribution in [0.25, 0.3) is 11.0 Å². The van der Waals surface area contributed by atoms with Crippen LogP contribution in [0.1, 0.15) is 18.3 Å². The maximum absolute atomic E-state index is 5.61. The second-order valence-corrected chi connectivity index (χ2v) is 5.90. The summed E-state index contributed by atoms with van der Waals surface area (Å²) in [5.74, 6) is 0.943. The van der Waals surface area contributed by atoms with Crippen molar-refractivity contribution in [1.82, 2.24) is 29.5 Å². The van der Waals surface area contributed by atoms with E-state index in [1.807, 2.05) is 37.1 Å². The zero-order chi connectivity index (χ0) is 16.0. The molecule has 3 aromatic heterocycles. The van der Waals surface area contributed by atoms with E-state index in [2.05, 4.69) is 25.2 Å². The third-order valence-electron chi connectivity index (χ3n) is 4.56. The van der Waals surface area contributed by atoms with Gasteiger partial charge in [-0.3, -0.25) is 4.68 Å². The number of ether oxygens (including phenoxy) is 1. The zero-order valence-electron chi connectivity index (χ0n) is 13.4. The largest absolute Gasteiger partial charge is 0.380 e. The van der Waals surface area contributed by atoms with Crippen molar-refractivity contribution in [1.29, 1.82) is 0 Å². The molecule has 1 aliphatic rings. The number of aryl methyl sites for hydroxylation is 2. The first-order valence-corrected chi connectivity index (χ1v) is 7.59. The van der Waals surface area contributed by atoms with Gasteiger partial charge in [0.05, 0.1) is 29.4 Å². The minimum atomic E-state index is 0.123. The van der Waals surface area contributed by atoms with Gasteiger partial charge in [-0.1, -0.05) is 0 Å². The molecule has 0 N–H and O–H groups in total. The highest BCUT2D eigenvalue weighted by atomic mass is 16.5. The van der Waals surface area contributed by atoms with Gasteiger partial charge in [-0.15, -0.1) is 10.2 Å². The molecular formula is C15H19N7O. The van der Waals surface area contributed by atoms with E-state index >= 15 is 0 Å². The Kier molecular flexibility index (Phi) is 3.26. The smallest absolute Gasteiger partial charge is 0.159 e. The van der Waals surface area contributed by atoms with Gasteiger partial charge in [0.15, 0.2) is 11.5 Å². The van der Waals surface area contributed by atoms with Crippen molar-refractivity contribution >= 4 is 16.7 Å². The predicted molar refractivity (Wildman–Crippen MR) is 85.0 cm³/mol. The fraction of sp³-hybridized carbons (Fsp3) is 0.467. The Labute approximate surface area is 133 Å². The molecule has 4 heterocycles. The van der Waals surface area contributed by atoms with Gasteiger partial charge in [-0.05, 0) is 6.07 Å². The van der Waals surface area contributed by atoms with Crippen LogP contribution < -0.4 is 4.90 Å². The van der Waals surface area contributed by atoms with Crippen LogP contribution in [-0.4, -0.2) is 49.3 Å². The second kappa shape index (κ2) is 5.31. The van der Waals surface area contributed by atoms with E-state index in [4.69, 9.17) is 4.74 Å². The van der Waals surface area contributed by atoms with E-state index in [1.165, 1.54) is 0 Å². The summed E-state index contributed by atoms with van der Waals surface area (Å²) in [7, 11) is 5.63. The van der Waals surface area contributed by atoms with E-state index in [0.29, 0.717) is 0 Å². The summed E-state index contributed by atoms with van der Waals surface area (Å²) >= 11 is 0. The van der Waals surface area contributed by atoms with Crippen molar-refractivity contribution in [2.24, 2.45) is 14.1 Å². The first-order valence-electron chi connectivity index (χ1n) is 7.59. The van der Waals surface area contributed by atoms with Crippen molar-refractivity contribution < 1.29 is 4.74 Å². The Hall–Kier alpha value is -2.48. The number of rotatable bonds is 3. The first kappa shape index (κ1) is 14.1. The monoisotopic (exact) mass is 313 g/mol. The topological polar surface area (TPSA) is 73.9 Å². The van der Waals surface area contributed by atoms with Gasteiger partial charge in [-0.25, -0.2) is 4.98 Å². The molecule has 8 heteroatoms. The number of hydrogen-bond donors (Lipinski definition) is 0. The van der Waals surface area contributed by atoms with Gasteiger partial charge < -0.3 is 14.2 Å². The maximum Gasteiger partial charge on any atom is 0.159 e. The molecule has 23 heavy (non-hydrogen) atoms. The van der Waals surface area contributed by atoms with Crippen LogP contribution in [0.3, 0.4) is 0 Å². The lowest BCUT2D eigenvalue weighted by Crippen LogP contribution is -2.26. The van der Waals surface area contributed by atoms with Gasteiger partial charge in [0, 0.05) is 40.4 Å². The minimum Gasteiger partial charge on any atom is -0.380 e. The fourth-order valence-electron chi connectivity index (χ4n) is 3.36. The number of pyridine rings is 1. The molecule has 0 bridgehead atoms. The molecular weight excluding hydrogens is 294 g/mol. The Morgan fingerprint density at radius 1 is 1.30 bits per heavy atom. The Bertz CT molecular complexity index is 839. The van der Waals surface area contributed by atoms with Gasteiger partial charge in [-0.2, -0.15) is 5.10 Å². The van der Waals surface area contributed by atoms with Gasteiger partial charge >= 0.3 is 0 Å². The molecule has 1 aliphatic heterocycles. The molecule has 120 valence electrons. The number of methoxy groups -OCH3 is 1. The first-order chi connectivity index (χ1) is 11.2.